The van der Waals surface area contributed by atoms with Crippen molar-refractivity contribution in [3.05, 3.63) is 11.9 Å². The van der Waals surface area contributed by atoms with Crippen LogP contribution in [0.5, 0.6) is 0 Å². The molecule has 1 aromatic rings. The number of aryl methyl sites for hydroxylation is 1. The lowest BCUT2D eigenvalue weighted by Gasteiger charge is -2.18. The Labute approximate surface area is 104 Å². The van der Waals surface area contributed by atoms with E-state index < -0.39 is 0 Å². The van der Waals surface area contributed by atoms with Crippen molar-refractivity contribution in [1.29, 1.82) is 0 Å². The molecule has 2 saturated carbocycles. The van der Waals surface area contributed by atoms with E-state index in [0.29, 0.717) is 17.5 Å². The summed E-state index contributed by atoms with van der Waals surface area (Å²) in [7, 11) is 0. The summed E-state index contributed by atoms with van der Waals surface area (Å²) < 4.78 is 2.35. The molecule has 1 unspecified atom stereocenters. The van der Waals surface area contributed by atoms with E-state index in [1.54, 1.807) is 0 Å². The van der Waals surface area contributed by atoms with Crippen LogP contribution in [0, 0.1) is 12.3 Å². The first-order chi connectivity index (χ1) is 8.03. The van der Waals surface area contributed by atoms with Gasteiger partial charge in [0.1, 0.15) is 0 Å². The van der Waals surface area contributed by atoms with E-state index in [-0.39, 0.29) is 0 Å². The van der Waals surface area contributed by atoms with Gasteiger partial charge in [-0.15, -0.1) is 0 Å². The summed E-state index contributed by atoms with van der Waals surface area (Å²) >= 11 is 0. The summed E-state index contributed by atoms with van der Waals surface area (Å²) in [5, 5.41) is 3.66. The van der Waals surface area contributed by atoms with E-state index in [9.17, 15) is 0 Å². The van der Waals surface area contributed by atoms with Crippen LogP contribution in [0.15, 0.2) is 6.20 Å². The smallest absolute Gasteiger partial charge is 0.203 e. The van der Waals surface area contributed by atoms with Crippen molar-refractivity contribution in [2.45, 2.75) is 65.0 Å². The van der Waals surface area contributed by atoms with Crippen molar-refractivity contribution in [2.75, 3.05) is 5.32 Å². The van der Waals surface area contributed by atoms with E-state index in [4.69, 9.17) is 0 Å². The minimum atomic E-state index is 0.504. The highest BCUT2D eigenvalue weighted by atomic mass is 15.2. The molecule has 1 aromatic heterocycles. The van der Waals surface area contributed by atoms with Gasteiger partial charge in [0.2, 0.25) is 5.95 Å². The van der Waals surface area contributed by atoms with Crippen LogP contribution in [0.3, 0.4) is 0 Å². The second kappa shape index (κ2) is 3.76. The average molecular weight is 233 g/mol. The van der Waals surface area contributed by atoms with Crippen LogP contribution in [0.4, 0.5) is 5.95 Å². The number of imidazole rings is 1. The minimum absolute atomic E-state index is 0.504. The molecule has 3 heteroatoms. The molecule has 2 fully saturated rings. The Morgan fingerprint density at radius 3 is 2.71 bits per heavy atom. The lowest BCUT2D eigenvalue weighted by Crippen LogP contribution is -2.20. The Kier molecular flexibility index (Phi) is 2.46. The minimum Gasteiger partial charge on any atom is -0.353 e. The second-order valence-corrected chi connectivity index (χ2v) is 6.59. The first-order valence-electron chi connectivity index (χ1n) is 6.85. The molecule has 2 aliphatic carbocycles. The van der Waals surface area contributed by atoms with Gasteiger partial charge in [0.25, 0.3) is 0 Å². The average Bonchev–Trinajstić information content (AvgIpc) is 2.93. The van der Waals surface area contributed by atoms with E-state index in [0.717, 1.165) is 11.6 Å². The molecule has 94 valence electrons. The molecular weight excluding hydrogens is 210 g/mol. The number of hydrogen-bond donors (Lipinski definition) is 1. The molecule has 3 nitrogen and oxygen atoms in total. The van der Waals surface area contributed by atoms with E-state index >= 15 is 0 Å². The van der Waals surface area contributed by atoms with Crippen LogP contribution < -0.4 is 5.32 Å². The third kappa shape index (κ3) is 2.33. The number of hydrogen-bond acceptors (Lipinski definition) is 2. The molecule has 1 atom stereocenters. The molecule has 0 spiro atoms. The quantitative estimate of drug-likeness (QED) is 0.865. The van der Waals surface area contributed by atoms with Gasteiger partial charge >= 0.3 is 0 Å². The number of nitrogens with one attached hydrogen (secondary N) is 1. The summed E-state index contributed by atoms with van der Waals surface area (Å²) in [4.78, 5) is 4.63. The normalized spacial score (nSPS) is 27.4. The van der Waals surface area contributed by atoms with Crippen LogP contribution in [-0.2, 0) is 0 Å². The van der Waals surface area contributed by atoms with E-state index in [1.807, 2.05) is 0 Å². The summed E-state index contributed by atoms with van der Waals surface area (Å²) in [6, 6.07) is 1.33. The standard InChI is InChI=1S/C14H23N3/c1-10-9-17(12-4-5-12)13(15-10)16-11-6-7-14(2,3)8-11/h9,11-12H,4-8H2,1-3H3,(H,15,16). The monoisotopic (exact) mass is 233 g/mol. The molecule has 0 saturated heterocycles. The Balaban J connectivity index is 1.72. The van der Waals surface area contributed by atoms with Gasteiger partial charge in [-0.05, 0) is 44.4 Å². The fourth-order valence-corrected chi connectivity index (χ4v) is 3.00. The van der Waals surface area contributed by atoms with Crippen LogP contribution in [0.2, 0.25) is 0 Å². The van der Waals surface area contributed by atoms with Gasteiger partial charge in [-0.1, -0.05) is 13.8 Å². The van der Waals surface area contributed by atoms with Crippen molar-refractivity contribution >= 4 is 5.95 Å². The van der Waals surface area contributed by atoms with Crippen molar-refractivity contribution in [3.63, 3.8) is 0 Å². The summed E-state index contributed by atoms with van der Waals surface area (Å²) in [5.74, 6) is 1.10. The molecule has 0 amide bonds. The van der Waals surface area contributed by atoms with Gasteiger partial charge in [0.05, 0.1) is 5.69 Å². The topological polar surface area (TPSA) is 29.9 Å². The predicted octanol–water partition coefficient (Wildman–Crippen LogP) is 3.52. The number of aromatic nitrogens is 2. The van der Waals surface area contributed by atoms with Crippen LogP contribution in [0.1, 0.15) is 57.7 Å². The molecule has 0 radical (unpaired) electrons. The highest BCUT2D eigenvalue weighted by molar-refractivity contribution is 5.32. The SMILES string of the molecule is Cc1cn(C2CC2)c(NC2CCC(C)(C)C2)n1. The third-order valence-electron chi connectivity index (χ3n) is 4.09. The Morgan fingerprint density at radius 2 is 2.12 bits per heavy atom. The molecule has 2 aliphatic rings. The fourth-order valence-electron chi connectivity index (χ4n) is 3.00. The molecule has 1 heterocycles. The molecule has 0 aromatic carbocycles. The van der Waals surface area contributed by atoms with E-state index in [2.05, 4.69) is 41.8 Å². The maximum atomic E-state index is 4.63. The Bertz CT molecular complexity index is 415. The lowest BCUT2D eigenvalue weighted by atomic mass is 9.92. The van der Waals surface area contributed by atoms with Gasteiger partial charge in [-0.2, -0.15) is 0 Å². The van der Waals surface area contributed by atoms with Gasteiger partial charge in [-0.25, -0.2) is 4.98 Å². The molecule has 17 heavy (non-hydrogen) atoms. The number of anilines is 1. The van der Waals surface area contributed by atoms with Crippen LogP contribution >= 0.6 is 0 Å². The van der Waals surface area contributed by atoms with Gasteiger partial charge in [0.15, 0.2) is 0 Å². The van der Waals surface area contributed by atoms with Gasteiger partial charge < -0.3 is 9.88 Å². The van der Waals surface area contributed by atoms with Crippen molar-refractivity contribution in [3.8, 4) is 0 Å². The van der Waals surface area contributed by atoms with Crippen molar-refractivity contribution in [1.82, 2.24) is 9.55 Å². The molecule has 0 bridgehead atoms. The van der Waals surface area contributed by atoms with Crippen molar-refractivity contribution in [2.24, 2.45) is 5.41 Å². The molecular formula is C14H23N3. The number of nitrogens with zero attached hydrogens (tertiary/aromatic N) is 2. The first kappa shape index (κ1) is 11.1. The number of rotatable bonds is 3. The Morgan fingerprint density at radius 1 is 1.35 bits per heavy atom. The molecule has 0 aliphatic heterocycles. The second-order valence-electron chi connectivity index (χ2n) is 6.59. The Hall–Kier alpha value is -0.990. The fraction of sp³-hybridized carbons (Fsp3) is 0.786. The highest BCUT2D eigenvalue weighted by Gasteiger charge is 2.32. The third-order valence-corrected chi connectivity index (χ3v) is 4.09. The summed E-state index contributed by atoms with van der Waals surface area (Å²) in [6.07, 6.45) is 8.71. The summed E-state index contributed by atoms with van der Waals surface area (Å²) in [5.41, 5.74) is 1.64. The van der Waals surface area contributed by atoms with Crippen LogP contribution in [0.25, 0.3) is 0 Å². The maximum absolute atomic E-state index is 4.63. The molecule has 3 rings (SSSR count). The summed E-state index contributed by atoms with van der Waals surface area (Å²) in [6.45, 7) is 6.82. The van der Waals surface area contributed by atoms with Gasteiger partial charge in [0, 0.05) is 18.3 Å². The zero-order valence-corrected chi connectivity index (χ0v) is 11.2. The van der Waals surface area contributed by atoms with Gasteiger partial charge in [-0.3, -0.25) is 0 Å². The zero-order valence-electron chi connectivity index (χ0n) is 11.2. The zero-order chi connectivity index (χ0) is 12.0. The highest BCUT2D eigenvalue weighted by Crippen LogP contribution is 2.40. The maximum Gasteiger partial charge on any atom is 0.203 e. The predicted molar refractivity (Wildman–Crippen MR) is 70.3 cm³/mol. The van der Waals surface area contributed by atoms with Crippen molar-refractivity contribution < 1.29 is 0 Å². The van der Waals surface area contributed by atoms with Crippen LogP contribution in [-0.4, -0.2) is 15.6 Å². The molecule has 1 N–H and O–H groups in total. The lowest BCUT2D eigenvalue weighted by molar-refractivity contribution is 0.378. The first-order valence-corrected chi connectivity index (χ1v) is 6.85. The van der Waals surface area contributed by atoms with E-state index in [1.165, 1.54) is 32.1 Å². The largest absolute Gasteiger partial charge is 0.353 e.